The molecule has 5 heteroatoms. The molecule has 0 N–H and O–H groups in total. The largest absolute Gasteiger partial charge is 0.354 e. The summed E-state index contributed by atoms with van der Waals surface area (Å²) in [6.07, 6.45) is 9.51. The molecule has 5 rings (SSSR count). The van der Waals surface area contributed by atoms with Gasteiger partial charge in [-0.15, -0.1) is 0 Å². The molecule has 1 aromatic heterocycles. The van der Waals surface area contributed by atoms with E-state index < -0.39 is 0 Å². The Balaban J connectivity index is 1.15. The lowest BCUT2D eigenvalue weighted by Gasteiger charge is -2.48. The van der Waals surface area contributed by atoms with Crippen molar-refractivity contribution in [1.82, 2.24) is 9.88 Å². The van der Waals surface area contributed by atoms with Crippen LogP contribution in [0.25, 0.3) is 0 Å². The first kappa shape index (κ1) is 17.0. The summed E-state index contributed by atoms with van der Waals surface area (Å²) in [4.78, 5) is 9.70. The Hall–Kier alpha value is -1.17. The lowest BCUT2D eigenvalue weighted by molar-refractivity contribution is -0.199. The van der Waals surface area contributed by atoms with Crippen LogP contribution in [0.2, 0.25) is 0 Å². The zero-order chi connectivity index (χ0) is 17.4. The molecule has 1 spiro atoms. The number of hydrogen-bond acceptors (Lipinski definition) is 5. The van der Waals surface area contributed by atoms with E-state index in [4.69, 9.17) is 9.47 Å². The van der Waals surface area contributed by atoms with Crippen molar-refractivity contribution in [3.05, 3.63) is 24.4 Å². The molecule has 4 fully saturated rings. The van der Waals surface area contributed by atoms with Crippen molar-refractivity contribution in [2.45, 2.75) is 50.4 Å². The summed E-state index contributed by atoms with van der Waals surface area (Å²) in [7, 11) is 0. The topological polar surface area (TPSA) is 37.8 Å². The highest BCUT2D eigenvalue weighted by molar-refractivity contribution is 5.38. The number of piperazine rings is 1. The van der Waals surface area contributed by atoms with E-state index in [0.717, 1.165) is 62.8 Å². The minimum absolute atomic E-state index is 0.206. The van der Waals surface area contributed by atoms with Crippen molar-refractivity contribution in [2.75, 3.05) is 44.3 Å². The Morgan fingerprint density at radius 1 is 0.962 bits per heavy atom. The van der Waals surface area contributed by atoms with Crippen LogP contribution in [0.4, 0.5) is 5.82 Å². The number of ether oxygens (including phenoxy) is 2. The van der Waals surface area contributed by atoms with Crippen LogP contribution in [-0.4, -0.2) is 61.1 Å². The van der Waals surface area contributed by atoms with E-state index in [-0.39, 0.29) is 5.79 Å². The third-order valence-electron chi connectivity index (χ3n) is 7.20. The van der Waals surface area contributed by atoms with Crippen molar-refractivity contribution in [3.8, 4) is 0 Å². The number of aromatic nitrogens is 1. The maximum Gasteiger partial charge on any atom is 0.168 e. The van der Waals surface area contributed by atoms with Crippen molar-refractivity contribution < 1.29 is 9.47 Å². The van der Waals surface area contributed by atoms with Gasteiger partial charge in [0.1, 0.15) is 5.82 Å². The Bertz CT molecular complexity index is 597. The first-order chi connectivity index (χ1) is 12.8. The van der Waals surface area contributed by atoms with Gasteiger partial charge >= 0.3 is 0 Å². The summed E-state index contributed by atoms with van der Waals surface area (Å²) in [6.45, 7) is 6.14. The number of hydrogen-bond donors (Lipinski definition) is 0. The quantitative estimate of drug-likeness (QED) is 0.814. The molecule has 26 heavy (non-hydrogen) atoms. The SMILES string of the molecule is c1ccc(N2CCN(C3CC[C@@H]4CC5(CC[C@H]4C3)OCCO5)CC2)nc1. The molecule has 2 aliphatic heterocycles. The lowest BCUT2D eigenvalue weighted by Crippen LogP contribution is -2.53. The Labute approximate surface area is 156 Å². The fourth-order valence-electron chi connectivity index (χ4n) is 5.78. The fourth-order valence-corrected chi connectivity index (χ4v) is 5.78. The number of nitrogens with zero attached hydrogens (tertiary/aromatic N) is 3. The van der Waals surface area contributed by atoms with Crippen LogP contribution in [-0.2, 0) is 9.47 Å². The zero-order valence-electron chi connectivity index (χ0n) is 15.7. The van der Waals surface area contributed by atoms with Gasteiger partial charge in [0.25, 0.3) is 0 Å². The molecule has 142 valence electrons. The Morgan fingerprint density at radius 2 is 1.81 bits per heavy atom. The number of anilines is 1. The van der Waals surface area contributed by atoms with E-state index in [2.05, 4.69) is 26.9 Å². The maximum absolute atomic E-state index is 5.98. The van der Waals surface area contributed by atoms with E-state index in [0.29, 0.717) is 0 Å². The van der Waals surface area contributed by atoms with E-state index in [1.54, 1.807) is 0 Å². The fraction of sp³-hybridized carbons (Fsp3) is 0.762. The molecule has 1 unspecified atom stereocenters. The summed E-state index contributed by atoms with van der Waals surface area (Å²) in [5, 5.41) is 0. The molecule has 2 aliphatic carbocycles. The van der Waals surface area contributed by atoms with Gasteiger partial charge in [-0.05, 0) is 49.7 Å². The monoisotopic (exact) mass is 357 g/mol. The van der Waals surface area contributed by atoms with Crippen molar-refractivity contribution in [3.63, 3.8) is 0 Å². The van der Waals surface area contributed by atoms with Gasteiger partial charge in [-0.3, -0.25) is 4.90 Å². The highest BCUT2D eigenvalue weighted by Crippen LogP contribution is 2.48. The molecule has 0 amide bonds. The standard InChI is InChI=1S/C21H31N3O2/c1-2-8-22-20(3-1)24-11-9-23(10-12-24)19-5-4-18-16-21(25-13-14-26-21)7-6-17(18)15-19/h1-3,8,17-19H,4-7,9-16H2/t17-,18+,19?/m0/s1. The second-order valence-corrected chi connectivity index (χ2v) is 8.55. The van der Waals surface area contributed by atoms with Crippen molar-refractivity contribution in [1.29, 1.82) is 0 Å². The minimum Gasteiger partial charge on any atom is -0.354 e. The first-order valence-corrected chi connectivity index (χ1v) is 10.5. The molecular weight excluding hydrogens is 326 g/mol. The third kappa shape index (κ3) is 3.25. The molecule has 2 saturated carbocycles. The van der Waals surface area contributed by atoms with Crippen LogP contribution < -0.4 is 4.90 Å². The highest BCUT2D eigenvalue weighted by atomic mass is 16.7. The predicted octanol–water partition coefficient (Wildman–Crippen LogP) is 2.92. The molecule has 3 atom stereocenters. The smallest absolute Gasteiger partial charge is 0.168 e. The van der Waals surface area contributed by atoms with Gasteiger partial charge in [0.2, 0.25) is 0 Å². The van der Waals surface area contributed by atoms with E-state index in [1.165, 1.54) is 38.8 Å². The number of fused-ring (bicyclic) bond motifs is 1. The van der Waals surface area contributed by atoms with E-state index in [1.807, 2.05) is 12.3 Å². The average molecular weight is 357 g/mol. The molecule has 0 radical (unpaired) electrons. The Kier molecular flexibility index (Phi) is 4.63. The lowest BCUT2D eigenvalue weighted by atomic mass is 9.67. The van der Waals surface area contributed by atoms with Crippen LogP contribution in [0.1, 0.15) is 38.5 Å². The second kappa shape index (κ2) is 7.10. The van der Waals surface area contributed by atoms with Gasteiger partial charge in [-0.2, -0.15) is 0 Å². The van der Waals surface area contributed by atoms with Crippen molar-refractivity contribution in [2.24, 2.45) is 11.8 Å². The average Bonchev–Trinajstić information content (AvgIpc) is 3.16. The molecule has 3 heterocycles. The summed E-state index contributed by atoms with van der Waals surface area (Å²) < 4.78 is 12.0. The number of pyridine rings is 1. The maximum atomic E-state index is 5.98. The van der Waals surface area contributed by atoms with Gasteiger partial charge in [0.05, 0.1) is 13.2 Å². The van der Waals surface area contributed by atoms with Crippen molar-refractivity contribution >= 4 is 5.82 Å². The van der Waals surface area contributed by atoms with Crippen LogP contribution in [0, 0.1) is 11.8 Å². The third-order valence-corrected chi connectivity index (χ3v) is 7.20. The minimum atomic E-state index is -0.206. The van der Waals surface area contributed by atoms with E-state index >= 15 is 0 Å². The summed E-state index contributed by atoms with van der Waals surface area (Å²) in [6, 6.07) is 6.99. The van der Waals surface area contributed by atoms with Gasteiger partial charge in [-0.1, -0.05) is 6.07 Å². The highest BCUT2D eigenvalue weighted by Gasteiger charge is 2.47. The van der Waals surface area contributed by atoms with E-state index in [9.17, 15) is 0 Å². The summed E-state index contributed by atoms with van der Waals surface area (Å²) >= 11 is 0. The van der Waals surface area contributed by atoms with Crippen LogP contribution in [0.3, 0.4) is 0 Å². The van der Waals surface area contributed by atoms with Crippen LogP contribution in [0.15, 0.2) is 24.4 Å². The molecule has 0 aromatic carbocycles. The molecule has 0 bridgehead atoms. The molecule has 2 saturated heterocycles. The van der Waals surface area contributed by atoms with Crippen LogP contribution in [0.5, 0.6) is 0 Å². The Morgan fingerprint density at radius 3 is 2.58 bits per heavy atom. The molecule has 5 nitrogen and oxygen atoms in total. The molecular formula is C21H31N3O2. The predicted molar refractivity (Wildman–Crippen MR) is 101 cm³/mol. The molecule has 1 aromatic rings. The zero-order valence-corrected chi connectivity index (χ0v) is 15.7. The van der Waals surface area contributed by atoms with Gasteiger partial charge < -0.3 is 14.4 Å². The first-order valence-electron chi connectivity index (χ1n) is 10.5. The second-order valence-electron chi connectivity index (χ2n) is 8.55. The van der Waals surface area contributed by atoms with Gasteiger partial charge in [0, 0.05) is 51.3 Å². The van der Waals surface area contributed by atoms with Gasteiger partial charge in [0.15, 0.2) is 5.79 Å². The van der Waals surface area contributed by atoms with Gasteiger partial charge in [-0.25, -0.2) is 4.98 Å². The normalized spacial score (nSPS) is 34.8. The van der Waals surface area contributed by atoms with Crippen LogP contribution >= 0.6 is 0 Å². The summed E-state index contributed by atoms with van der Waals surface area (Å²) in [5.74, 6) is 2.61. The molecule has 4 aliphatic rings. The summed E-state index contributed by atoms with van der Waals surface area (Å²) in [5.41, 5.74) is 0. The number of rotatable bonds is 2.